The van der Waals surface area contributed by atoms with Gasteiger partial charge in [0.15, 0.2) is 0 Å². The van der Waals surface area contributed by atoms with E-state index < -0.39 is 16.1 Å². The van der Waals surface area contributed by atoms with Crippen molar-refractivity contribution >= 4 is 50.0 Å². The molecule has 0 radical (unpaired) electrons. The van der Waals surface area contributed by atoms with Crippen molar-refractivity contribution in [1.29, 1.82) is 0 Å². The molecule has 3 heterocycles. The van der Waals surface area contributed by atoms with Crippen molar-refractivity contribution in [2.24, 2.45) is 0 Å². The molecule has 1 aliphatic heterocycles. The first-order chi connectivity index (χ1) is 18.7. The Hall–Kier alpha value is -3.18. The van der Waals surface area contributed by atoms with Gasteiger partial charge in [-0.3, -0.25) is 4.79 Å². The van der Waals surface area contributed by atoms with Crippen LogP contribution in [0.4, 0.5) is 0 Å². The van der Waals surface area contributed by atoms with E-state index in [1.807, 2.05) is 35.9 Å². The smallest absolute Gasteiger partial charge is 0.245 e. The number of nitrogens with one attached hydrogen (secondary N) is 1. The number of amides is 1. The fraction of sp³-hybridized carbons (Fsp3) is 0.296. The van der Waals surface area contributed by atoms with Crippen LogP contribution in [0.25, 0.3) is 16.6 Å². The monoisotopic (exact) mass is 587 g/mol. The molecule has 0 unspecified atom stereocenters. The van der Waals surface area contributed by atoms with Gasteiger partial charge < -0.3 is 14.6 Å². The van der Waals surface area contributed by atoms with Gasteiger partial charge in [-0.15, -0.1) is 0 Å². The second kappa shape index (κ2) is 11.1. The van der Waals surface area contributed by atoms with Crippen LogP contribution < -0.4 is 10.1 Å². The Morgan fingerprint density at radius 3 is 2.77 bits per heavy atom. The number of piperidine rings is 1. The molecule has 1 fully saturated rings. The summed E-state index contributed by atoms with van der Waals surface area (Å²) in [5, 5.41) is 3.65. The van der Waals surface area contributed by atoms with Gasteiger partial charge in [-0.2, -0.15) is 4.31 Å². The lowest BCUT2D eigenvalue weighted by atomic mass is 10.0. The van der Waals surface area contributed by atoms with E-state index in [0.717, 1.165) is 23.2 Å². The topological polar surface area (TPSA) is 106 Å². The molecule has 0 bridgehead atoms. The van der Waals surface area contributed by atoms with Crippen LogP contribution in [-0.4, -0.2) is 52.8 Å². The lowest BCUT2D eigenvalue weighted by Gasteiger charge is -2.33. The van der Waals surface area contributed by atoms with Crippen molar-refractivity contribution in [3.8, 4) is 11.4 Å². The number of carbonyl (C=O) groups excluding carboxylic acids is 1. The molecule has 1 amide bonds. The number of hydrogen-bond donors (Lipinski definition) is 1. The maximum absolute atomic E-state index is 13.7. The molecular weight excluding hydrogens is 561 g/mol. The third-order valence-electron chi connectivity index (χ3n) is 6.80. The van der Waals surface area contributed by atoms with Gasteiger partial charge in [-0.1, -0.05) is 41.8 Å². The van der Waals surface area contributed by atoms with Gasteiger partial charge in [0, 0.05) is 47.7 Å². The lowest BCUT2D eigenvalue weighted by molar-refractivity contribution is -0.125. The van der Waals surface area contributed by atoms with Crippen LogP contribution in [0, 0.1) is 6.92 Å². The van der Waals surface area contributed by atoms with Gasteiger partial charge in [0.2, 0.25) is 15.9 Å². The quantitative estimate of drug-likeness (QED) is 0.329. The number of rotatable bonds is 7. The largest absolute Gasteiger partial charge is 0.487 e. The SMILES string of the molecule is CNC(=O)[C@@H]1CCCCN1S(=O)(=O)c1ccc(Cl)c(COc2cccc3c(-n4ccnc4)cc(C)nc23)c1Cl. The summed E-state index contributed by atoms with van der Waals surface area (Å²) in [6.45, 7) is 2.03. The van der Waals surface area contributed by atoms with Crippen molar-refractivity contribution < 1.29 is 17.9 Å². The van der Waals surface area contributed by atoms with E-state index in [2.05, 4.69) is 15.3 Å². The van der Waals surface area contributed by atoms with Crippen molar-refractivity contribution in [3.05, 3.63) is 76.4 Å². The molecule has 204 valence electrons. The molecule has 1 saturated heterocycles. The van der Waals surface area contributed by atoms with E-state index in [-0.39, 0.29) is 34.0 Å². The number of ether oxygens (including phenoxy) is 1. The fourth-order valence-electron chi connectivity index (χ4n) is 4.87. The van der Waals surface area contributed by atoms with Gasteiger partial charge in [0.1, 0.15) is 28.8 Å². The van der Waals surface area contributed by atoms with Crippen LogP contribution in [0.3, 0.4) is 0 Å². The summed E-state index contributed by atoms with van der Waals surface area (Å²) in [7, 11) is -2.59. The molecule has 9 nitrogen and oxygen atoms in total. The van der Waals surface area contributed by atoms with E-state index >= 15 is 0 Å². The molecule has 39 heavy (non-hydrogen) atoms. The number of para-hydroxylation sites is 1. The summed E-state index contributed by atoms with van der Waals surface area (Å²) in [6, 6.07) is 9.61. The third-order valence-corrected chi connectivity index (χ3v) is 9.65. The summed E-state index contributed by atoms with van der Waals surface area (Å²) >= 11 is 13.2. The van der Waals surface area contributed by atoms with E-state index in [0.29, 0.717) is 29.7 Å². The van der Waals surface area contributed by atoms with E-state index in [1.54, 1.807) is 18.6 Å². The maximum Gasteiger partial charge on any atom is 0.245 e. The van der Waals surface area contributed by atoms with Gasteiger partial charge in [-0.25, -0.2) is 18.4 Å². The zero-order chi connectivity index (χ0) is 27.7. The van der Waals surface area contributed by atoms with Crippen LogP contribution >= 0.6 is 23.2 Å². The molecule has 2 aromatic heterocycles. The maximum atomic E-state index is 13.7. The molecule has 4 aromatic rings. The Labute approximate surface area is 236 Å². The van der Waals surface area contributed by atoms with Gasteiger partial charge in [-0.05, 0) is 44.0 Å². The number of nitrogens with zero attached hydrogens (tertiary/aromatic N) is 4. The summed E-state index contributed by atoms with van der Waals surface area (Å²) in [5.41, 5.74) is 2.65. The standard InChI is InChI=1S/C27H27Cl2N5O4S/c1-17-14-22(33-13-11-31-16-33)18-6-5-8-23(26(18)32-17)38-15-19-20(28)9-10-24(25(19)29)39(36,37)34-12-4-3-7-21(34)27(35)30-2/h5-6,8-11,13-14,16,21H,3-4,7,12,15H2,1-2H3,(H,30,35)/t21-/m0/s1. The van der Waals surface area contributed by atoms with E-state index in [4.69, 9.17) is 27.9 Å². The molecule has 0 saturated carbocycles. The number of hydrogen-bond acceptors (Lipinski definition) is 6. The van der Waals surface area contributed by atoms with Crippen LogP contribution in [0.2, 0.25) is 10.0 Å². The number of aryl methyl sites for hydroxylation is 1. The minimum absolute atomic E-state index is 0.0350. The Bertz CT molecular complexity index is 1640. The fourth-order valence-corrected chi connectivity index (χ4v) is 7.39. The molecule has 0 aliphatic carbocycles. The zero-order valence-electron chi connectivity index (χ0n) is 21.4. The predicted octanol–water partition coefficient (Wildman–Crippen LogP) is 4.90. The average Bonchev–Trinajstić information content (AvgIpc) is 3.47. The molecule has 12 heteroatoms. The lowest BCUT2D eigenvalue weighted by Crippen LogP contribution is -2.51. The van der Waals surface area contributed by atoms with Crippen LogP contribution in [0.15, 0.2) is 60.0 Å². The van der Waals surface area contributed by atoms with Crippen molar-refractivity contribution in [3.63, 3.8) is 0 Å². The Morgan fingerprint density at radius 1 is 1.21 bits per heavy atom. The van der Waals surface area contributed by atoms with Crippen LogP contribution in [0.5, 0.6) is 5.75 Å². The number of fused-ring (bicyclic) bond motifs is 1. The van der Waals surface area contributed by atoms with E-state index in [1.165, 1.54) is 23.5 Å². The molecular formula is C27H27Cl2N5O4S. The number of sulfonamides is 1. The third kappa shape index (κ3) is 5.21. The Kier molecular flexibility index (Phi) is 7.82. The number of carbonyl (C=O) groups is 1. The average molecular weight is 589 g/mol. The van der Waals surface area contributed by atoms with E-state index in [9.17, 15) is 13.2 Å². The first kappa shape index (κ1) is 27.4. The van der Waals surface area contributed by atoms with Gasteiger partial charge in [0.25, 0.3) is 0 Å². The molecule has 1 N–H and O–H groups in total. The molecule has 0 spiro atoms. The zero-order valence-corrected chi connectivity index (χ0v) is 23.7. The molecule has 5 rings (SSSR count). The summed E-state index contributed by atoms with van der Waals surface area (Å²) in [4.78, 5) is 21.2. The van der Waals surface area contributed by atoms with Crippen LogP contribution in [0.1, 0.15) is 30.5 Å². The first-order valence-corrected chi connectivity index (χ1v) is 14.6. The number of imidazole rings is 1. The Balaban J connectivity index is 1.49. The molecule has 1 aliphatic rings. The van der Waals surface area contributed by atoms with Crippen LogP contribution in [-0.2, 0) is 21.4 Å². The Morgan fingerprint density at radius 2 is 2.03 bits per heavy atom. The molecule has 2 aromatic carbocycles. The van der Waals surface area contributed by atoms with Gasteiger partial charge >= 0.3 is 0 Å². The van der Waals surface area contributed by atoms with Gasteiger partial charge in [0.05, 0.1) is 17.0 Å². The second-order valence-electron chi connectivity index (χ2n) is 9.27. The molecule has 1 atom stereocenters. The minimum atomic E-state index is -4.08. The summed E-state index contributed by atoms with van der Waals surface area (Å²) < 4.78 is 36.7. The van der Waals surface area contributed by atoms with Crippen molar-refractivity contribution in [2.45, 2.75) is 43.7 Å². The summed E-state index contributed by atoms with van der Waals surface area (Å²) in [5.74, 6) is 0.148. The number of likely N-dealkylation sites (N-methyl/N-ethyl adjacent to an activating group) is 1. The second-order valence-corrected chi connectivity index (χ2v) is 11.9. The number of halogens is 2. The van der Waals surface area contributed by atoms with Crippen molar-refractivity contribution in [2.75, 3.05) is 13.6 Å². The summed E-state index contributed by atoms with van der Waals surface area (Å²) in [6.07, 6.45) is 7.12. The number of benzene rings is 2. The highest BCUT2D eigenvalue weighted by Gasteiger charge is 2.38. The predicted molar refractivity (Wildman–Crippen MR) is 150 cm³/mol. The number of aromatic nitrogens is 3. The van der Waals surface area contributed by atoms with Crippen molar-refractivity contribution in [1.82, 2.24) is 24.2 Å². The normalized spacial score (nSPS) is 16.4. The first-order valence-electron chi connectivity index (χ1n) is 12.4. The minimum Gasteiger partial charge on any atom is -0.487 e. The highest BCUT2D eigenvalue weighted by molar-refractivity contribution is 7.89. The highest BCUT2D eigenvalue weighted by atomic mass is 35.5. The number of pyridine rings is 1. The highest BCUT2D eigenvalue weighted by Crippen LogP contribution is 2.36.